The van der Waals surface area contributed by atoms with Crippen LogP contribution in [0.3, 0.4) is 0 Å². The van der Waals surface area contributed by atoms with Crippen molar-refractivity contribution in [3.8, 4) is 0 Å². The van der Waals surface area contributed by atoms with Gasteiger partial charge in [-0.1, -0.05) is 86.2 Å². The van der Waals surface area contributed by atoms with E-state index >= 15 is 0 Å². The number of aliphatic hydroxyl groups is 1. The first-order valence-electron chi connectivity index (χ1n) is 14.8. The zero-order valence-electron chi connectivity index (χ0n) is 25.8. The van der Waals surface area contributed by atoms with E-state index in [4.69, 9.17) is 16.3 Å². The molecule has 3 rings (SSSR count). The molecule has 14 heteroatoms. The molecular weight excluding hydrogens is 633 g/mol. The summed E-state index contributed by atoms with van der Waals surface area (Å²) in [5.41, 5.74) is -0.810. The Kier molecular flexibility index (Phi) is 16.9. The van der Waals surface area contributed by atoms with Gasteiger partial charge in [0.05, 0.1) is 6.04 Å². The number of amides is 3. The van der Waals surface area contributed by atoms with Crippen molar-refractivity contribution in [3.05, 3.63) is 70.7 Å². The van der Waals surface area contributed by atoms with Crippen LogP contribution >= 0.6 is 11.6 Å². The number of alkyl carbamates (subject to hydrolysis) is 1. The number of hydrogen-bond acceptors (Lipinski definition) is 8. The number of benzene rings is 2. The molecule has 1 aliphatic carbocycles. The van der Waals surface area contributed by atoms with Gasteiger partial charge in [0, 0.05) is 25.0 Å². The van der Waals surface area contributed by atoms with Crippen LogP contribution in [0.5, 0.6) is 0 Å². The molecule has 0 aliphatic heterocycles. The van der Waals surface area contributed by atoms with Crippen LogP contribution in [0.4, 0.5) is 4.79 Å². The molecule has 242 valence electrons. The van der Waals surface area contributed by atoms with Crippen LogP contribution in [0, 0.1) is 5.92 Å². The average molecular weight is 674 g/mol. The minimum atomic E-state index is -5.24. The molecule has 2 aromatic rings. The van der Waals surface area contributed by atoms with Crippen LogP contribution in [-0.4, -0.2) is 72.0 Å². The quantitative estimate of drug-likeness (QED) is 0.184. The maximum absolute atomic E-state index is 13.4. The van der Waals surface area contributed by atoms with Gasteiger partial charge in [-0.05, 0) is 48.4 Å². The van der Waals surface area contributed by atoms with Crippen molar-refractivity contribution in [2.24, 2.45) is 5.92 Å². The van der Waals surface area contributed by atoms with Crippen molar-refractivity contribution in [1.29, 1.82) is 0 Å². The zero-order valence-corrected chi connectivity index (χ0v) is 29.4. The molecule has 11 nitrogen and oxygen atoms in total. The van der Waals surface area contributed by atoms with E-state index in [9.17, 15) is 32.5 Å². The van der Waals surface area contributed by atoms with Crippen LogP contribution in [-0.2, 0) is 37.5 Å². The Morgan fingerprint density at radius 3 is 2.36 bits per heavy atom. The largest absolute Gasteiger partial charge is 1.00 e. The van der Waals surface area contributed by atoms with Gasteiger partial charge in [0.1, 0.15) is 22.8 Å². The molecule has 0 saturated heterocycles. The first kappa shape index (κ1) is 39.0. The van der Waals surface area contributed by atoms with Crippen molar-refractivity contribution in [1.82, 2.24) is 15.5 Å². The summed E-state index contributed by atoms with van der Waals surface area (Å²) < 4.78 is 40.5. The maximum atomic E-state index is 13.4. The van der Waals surface area contributed by atoms with Gasteiger partial charge in [-0.2, -0.15) is 0 Å². The van der Waals surface area contributed by atoms with Gasteiger partial charge in [0.25, 0.3) is 0 Å². The van der Waals surface area contributed by atoms with E-state index in [1.807, 2.05) is 30.3 Å². The zero-order chi connectivity index (χ0) is 32.1. The summed E-state index contributed by atoms with van der Waals surface area (Å²) >= 11 is 5.99. The summed E-state index contributed by atoms with van der Waals surface area (Å²) in [6.07, 6.45) is 4.19. The summed E-state index contributed by atoms with van der Waals surface area (Å²) in [4.78, 5) is 40.4. The van der Waals surface area contributed by atoms with Crippen LogP contribution in [0.2, 0.25) is 5.02 Å². The number of carbonyl (C=O) groups excluding carboxylic acids is 3. The first-order valence-corrected chi connectivity index (χ1v) is 16.7. The molecule has 0 aromatic heterocycles. The second kappa shape index (κ2) is 19.5. The van der Waals surface area contributed by atoms with E-state index in [2.05, 4.69) is 10.6 Å². The first-order chi connectivity index (χ1) is 20.9. The van der Waals surface area contributed by atoms with Gasteiger partial charge in [-0.3, -0.25) is 9.59 Å². The molecule has 0 bridgehead atoms. The predicted molar refractivity (Wildman–Crippen MR) is 164 cm³/mol. The Balaban J connectivity index is 0.00000705. The number of nitrogens with one attached hydrogen (secondary N) is 2. The Morgan fingerprint density at radius 1 is 1.04 bits per heavy atom. The molecule has 3 atom stereocenters. The maximum Gasteiger partial charge on any atom is 1.00 e. The number of likely N-dealkylation sites (N-methyl/N-ethyl adjacent to an activating group) is 1. The van der Waals surface area contributed by atoms with Crippen LogP contribution in [0.1, 0.15) is 62.5 Å². The van der Waals surface area contributed by atoms with Crippen molar-refractivity contribution in [2.45, 2.75) is 81.9 Å². The Labute approximate surface area is 292 Å². The number of halogens is 1. The summed E-state index contributed by atoms with van der Waals surface area (Å²) in [6.45, 7) is 0.298. The molecule has 0 spiro atoms. The van der Waals surface area contributed by atoms with Gasteiger partial charge < -0.3 is 29.9 Å². The summed E-state index contributed by atoms with van der Waals surface area (Å²) in [5, 5.41) is 15.8. The molecule has 0 radical (unpaired) electrons. The third kappa shape index (κ3) is 14.0. The SMILES string of the molecule is CN(CCc1ccccc1)C(=O)CC[C@H](NC(=O)[C@H](CC1CCCCC1)NC(=O)OCc1cccc(Cl)c1)C(O)S(=O)(=O)[O-].[Na+]. The number of ether oxygens (including phenoxy) is 1. The van der Waals surface area contributed by atoms with Gasteiger partial charge >= 0.3 is 35.7 Å². The third-order valence-electron chi connectivity index (χ3n) is 7.80. The molecule has 1 aliphatic rings. The number of hydrogen-bond donors (Lipinski definition) is 3. The predicted octanol–water partition coefficient (Wildman–Crippen LogP) is 0.739. The molecule has 45 heavy (non-hydrogen) atoms. The van der Waals surface area contributed by atoms with Crippen molar-refractivity contribution < 1.29 is 66.8 Å². The number of rotatable bonds is 15. The van der Waals surface area contributed by atoms with Gasteiger partial charge in [0.2, 0.25) is 11.8 Å². The molecule has 1 fully saturated rings. The second-order valence-corrected chi connectivity index (χ2v) is 13.1. The van der Waals surface area contributed by atoms with Crippen LogP contribution in [0.15, 0.2) is 54.6 Å². The standard InChI is InChI=1S/C31H42ClN3O8S.Na/c1-35(18-17-22-9-4-2-5-10-22)28(36)16-15-26(30(38)44(40,41)42)33-29(37)27(20-23-11-6-3-7-12-23)34-31(39)43-21-24-13-8-14-25(32)19-24;/h2,4-5,8-10,13-14,19,23,26-27,30,38H,3,6-7,11-12,15-18,20-21H2,1H3,(H,33,37)(H,34,39)(H,40,41,42);/q;+1/p-1/t26-,27-,30?;/m0./s1. The van der Waals surface area contributed by atoms with Crippen LogP contribution in [0.25, 0.3) is 0 Å². The fraction of sp³-hybridized carbons (Fsp3) is 0.516. The Bertz CT molecular complexity index is 1350. The van der Waals surface area contributed by atoms with Gasteiger partial charge in [-0.15, -0.1) is 0 Å². The molecule has 0 heterocycles. The monoisotopic (exact) mass is 673 g/mol. The Morgan fingerprint density at radius 2 is 1.71 bits per heavy atom. The number of nitrogens with zero attached hydrogens (tertiary/aromatic N) is 1. The number of aliphatic hydroxyl groups excluding tert-OH is 1. The van der Waals surface area contributed by atoms with E-state index in [0.717, 1.165) is 37.7 Å². The molecule has 3 N–H and O–H groups in total. The minimum absolute atomic E-state index is 0. The summed E-state index contributed by atoms with van der Waals surface area (Å²) in [6, 6.07) is 13.6. The Hall–Kier alpha value is -2.19. The fourth-order valence-electron chi connectivity index (χ4n) is 5.25. The number of carbonyl (C=O) groups is 3. The van der Waals surface area contributed by atoms with E-state index in [0.29, 0.717) is 23.6 Å². The molecular formula is C31H41ClN3NaO8S. The van der Waals surface area contributed by atoms with E-state index in [1.54, 1.807) is 31.3 Å². The normalized spacial score (nSPS) is 15.6. The molecule has 1 saturated carbocycles. The topological polar surface area (TPSA) is 165 Å². The second-order valence-electron chi connectivity index (χ2n) is 11.2. The van der Waals surface area contributed by atoms with Gasteiger partial charge in [0.15, 0.2) is 5.44 Å². The van der Waals surface area contributed by atoms with Crippen molar-refractivity contribution >= 4 is 39.6 Å². The van der Waals surface area contributed by atoms with Crippen molar-refractivity contribution in [2.75, 3.05) is 13.6 Å². The average Bonchev–Trinajstić information content (AvgIpc) is 3.00. The van der Waals surface area contributed by atoms with E-state index in [-0.39, 0.29) is 67.3 Å². The summed E-state index contributed by atoms with van der Waals surface area (Å²) in [7, 11) is -3.64. The van der Waals surface area contributed by atoms with Crippen molar-refractivity contribution in [3.63, 3.8) is 0 Å². The third-order valence-corrected chi connectivity index (χ3v) is 8.96. The van der Waals surface area contributed by atoms with Gasteiger partial charge in [-0.25, -0.2) is 13.2 Å². The summed E-state index contributed by atoms with van der Waals surface area (Å²) in [5.74, 6) is -1.01. The molecule has 1 unspecified atom stereocenters. The fourth-order valence-corrected chi connectivity index (χ4v) is 6.07. The van der Waals surface area contributed by atoms with Crippen LogP contribution < -0.4 is 40.2 Å². The van der Waals surface area contributed by atoms with E-state index in [1.165, 1.54) is 4.90 Å². The molecule has 3 amide bonds. The molecule has 2 aromatic carbocycles. The minimum Gasteiger partial charge on any atom is -0.746 e. The smallest absolute Gasteiger partial charge is 0.746 e. The van der Waals surface area contributed by atoms with E-state index < -0.39 is 39.6 Å².